The Kier molecular flexibility index (Phi) is 0.493. The lowest BCUT2D eigenvalue weighted by Gasteiger charge is -2.20. The van der Waals surface area contributed by atoms with Crippen LogP contribution in [0, 0.1) is 29.6 Å². The molecule has 4 saturated carbocycles. The van der Waals surface area contributed by atoms with Crippen molar-refractivity contribution in [3.63, 3.8) is 0 Å². The smallest absolute Gasteiger partial charge is 0.0773 e. The molecule has 0 bridgehead atoms. The Morgan fingerprint density at radius 3 is 2.50 bits per heavy atom. The van der Waals surface area contributed by atoms with Crippen LogP contribution in [0.3, 0.4) is 0 Å². The summed E-state index contributed by atoms with van der Waals surface area (Å²) in [5, 5.41) is 9.68. The maximum absolute atomic E-state index is 9.68. The van der Waals surface area contributed by atoms with E-state index in [2.05, 4.69) is 0 Å². The van der Waals surface area contributed by atoms with Crippen molar-refractivity contribution in [2.45, 2.75) is 17.4 Å². The molecule has 0 aromatic heterocycles. The van der Waals surface area contributed by atoms with Crippen LogP contribution < -0.4 is 0 Å². The van der Waals surface area contributed by atoms with Crippen LogP contribution in [0.25, 0.3) is 0 Å². The monoisotopic (exact) mass is 156 g/mol. The normalized spacial score (nSPS) is 87.0. The minimum Gasteiger partial charge on any atom is -0.391 e. The lowest BCUT2D eigenvalue weighted by molar-refractivity contribution is 0.116. The minimum absolute atomic E-state index is 0.107. The summed E-state index contributed by atoms with van der Waals surface area (Å²) in [5.74, 6) is 3.83. The molecule has 0 aromatic carbocycles. The van der Waals surface area contributed by atoms with E-state index in [-0.39, 0.29) is 11.0 Å². The van der Waals surface area contributed by atoms with Crippen LogP contribution >= 0.6 is 11.6 Å². The lowest BCUT2D eigenvalue weighted by Crippen LogP contribution is -2.30. The largest absolute Gasteiger partial charge is 0.391 e. The van der Waals surface area contributed by atoms with Gasteiger partial charge >= 0.3 is 0 Å². The maximum atomic E-state index is 9.68. The van der Waals surface area contributed by atoms with E-state index < -0.39 is 0 Å². The second kappa shape index (κ2) is 0.987. The number of halogens is 1. The molecule has 5 unspecified atom stereocenters. The molecular weight excluding hydrogens is 148 g/mol. The summed E-state index contributed by atoms with van der Waals surface area (Å²) >= 11 is 6.26. The Bertz CT molecular complexity index is 225. The van der Waals surface area contributed by atoms with E-state index in [1.807, 2.05) is 0 Å². The molecule has 4 rings (SSSR count). The van der Waals surface area contributed by atoms with E-state index in [1.54, 1.807) is 0 Å². The summed E-state index contributed by atoms with van der Waals surface area (Å²) in [7, 11) is 0. The summed E-state index contributed by atoms with van der Waals surface area (Å²) in [4.78, 5) is -0.107. The highest BCUT2D eigenvalue weighted by molar-refractivity contribution is 6.28. The summed E-state index contributed by atoms with van der Waals surface area (Å²) in [6.45, 7) is 0. The molecule has 7 atom stereocenters. The zero-order valence-corrected chi connectivity index (χ0v) is 6.25. The Hall–Kier alpha value is 0.250. The van der Waals surface area contributed by atoms with Crippen molar-refractivity contribution in [1.29, 1.82) is 0 Å². The maximum Gasteiger partial charge on any atom is 0.0773 e. The van der Waals surface area contributed by atoms with Crippen LogP contribution in [0.1, 0.15) is 6.42 Å². The van der Waals surface area contributed by atoms with Crippen molar-refractivity contribution in [2.75, 3.05) is 0 Å². The fourth-order valence-corrected chi connectivity index (χ4v) is 4.67. The van der Waals surface area contributed by atoms with Gasteiger partial charge in [0.15, 0.2) is 0 Å². The lowest BCUT2D eigenvalue weighted by atomic mass is 9.97. The van der Waals surface area contributed by atoms with Crippen molar-refractivity contribution in [3.8, 4) is 0 Å². The van der Waals surface area contributed by atoms with Gasteiger partial charge in [0.05, 0.1) is 11.0 Å². The SMILES string of the molecule is O[C@@H]1C2C3CC4C(C32)[C@@]41Cl. The average Bonchev–Trinajstić information content (AvgIpc) is 2.65. The number of hydrogen-bond acceptors (Lipinski definition) is 1. The van der Waals surface area contributed by atoms with Crippen molar-refractivity contribution < 1.29 is 5.11 Å². The minimum atomic E-state index is -0.132. The third kappa shape index (κ3) is 0.243. The second-order valence-electron chi connectivity index (χ2n) is 4.46. The van der Waals surface area contributed by atoms with Crippen LogP contribution in [0.5, 0.6) is 0 Å². The molecule has 0 aliphatic heterocycles. The Morgan fingerprint density at radius 2 is 2.20 bits per heavy atom. The van der Waals surface area contributed by atoms with Gasteiger partial charge < -0.3 is 5.11 Å². The van der Waals surface area contributed by atoms with Crippen LogP contribution in [0.4, 0.5) is 0 Å². The number of aliphatic hydroxyl groups is 1. The van der Waals surface area contributed by atoms with Gasteiger partial charge in [0, 0.05) is 0 Å². The third-order valence-electron chi connectivity index (χ3n) is 4.45. The van der Waals surface area contributed by atoms with Crippen LogP contribution in [0.2, 0.25) is 0 Å². The quantitative estimate of drug-likeness (QED) is 0.516. The molecular formula is C8H9ClO. The Labute approximate surface area is 64.4 Å². The predicted octanol–water partition coefficient (Wildman–Crippen LogP) is 0.850. The summed E-state index contributed by atoms with van der Waals surface area (Å²) in [6, 6.07) is 0. The van der Waals surface area contributed by atoms with Gasteiger partial charge in [-0.15, -0.1) is 11.6 Å². The zero-order chi connectivity index (χ0) is 6.67. The van der Waals surface area contributed by atoms with Gasteiger partial charge in [-0.25, -0.2) is 0 Å². The zero-order valence-electron chi connectivity index (χ0n) is 5.50. The summed E-state index contributed by atoms with van der Waals surface area (Å²) in [5.41, 5.74) is 0. The fourth-order valence-electron chi connectivity index (χ4n) is 4.06. The molecule has 0 saturated heterocycles. The van der Waals surface area contributed by atoms with E-state index >= 15 is 0 Å². The van der Waals surface area contributed by atoms with Crippen molar-refractivity contribution >= 4 is 11.6 Å². The number of fused-ring (bicyclic) bond motifs is 2. The molecule has 0 spiro atoms. The van der Waals surface area contributed by atoms with Gasteiger partial charge in [-0.3, -0.25) is 0 Å². The molecule has 54 valence electrons. The number of hydrogen-bond donors (Lipinski definition) is 1. The van der Waals surface area contributed by atoms with Crippen LogP contribution in [0.15, 0.2) is 0 Å². The molecule has 0 radical (unpaired) electrons. The molecule has 0 amide bonds. The number of rotatable bonds is 0. The van der Waals surface area contributed by atoms with Crippen molar-refractivity contribution in [1.82, 2.24) is 0 Å². The third-order valence-corrected chi connectivity index (χ3v) is 5.21. The van der Waals surface area contributed by atoms with Gasteiger partial charge in [0.2, 0.25) is 0 Å². The van der Waals surface area contributed by atoms with Gasteiger partial charge in [-0.1, -0.05) is 0 Å². The second-order valence-corrected chi connectivity index (χ2v) is 5.11. The van der Waals surface area contributed by atoms with E-state index in [0.29, 0.717) is 11.8 Å². The van der Waals surface area contributed by atoms with E-state index in [1.165, 1.54) is 6.42 Å². The van der Waals surface area contributed by atoms with Crippen LogP contribution in [-0.2, 0) is 0 Å². The molecule has 1 N–H and O–H groups in total. The Morgan fingerprint density at radius 1 is 1.40 bits per heavy atom. The highest BCUT2D eigenvalue weighted by Gasteiger charge is 2.90. The molecule has 4 fully saturated rings. The number of alkyl halides is 1. The first kappa shape index (κ1) is 5.00. The average molecular weight is 157 g/mol. The Balaban J connectivity index is 1.96. The van der Waals surface area contributed by atoms with Gasteiger partial charge in [0.1, 0.15) is 0 Å². The van der Waals surface area contributed by atoms with Crippen molar-refractivity contribution in [2.24, 2.45) is 29.6 Å². The first-order valence-electron chi connectivity index (χ1n) is 4.13. The first-order valence-corrected chi connectivity index (χ1v) is 4.51. The molecule has 2 heteroatoms. The highest BCUT2D eigenvalue weighted by Crippen LogP contribution is 2.87. The number of aliphatic hydroxyl groups excluding tert-OH is 1. The van der Waals surface area contributed by atoms with Gasteiger partial charge in [0.25, 0.3) is 0 Å². The predicted molar refractivity (Wildman–Crippen MR) is 36.7 cm³/mol. The summed E-state index contributed by atoms with van der Waals surface area (Å²) in [6.07, 6.45) is 1.20. The molecule has 0 aromatic rings. The fraction of sp³-hybridized carbons (Fsp3) is 1.00. The topological polar surface area (TPSA) is 20.2 Å². The molecule has 4 aliphatic carbocycles. The van der Waals surface area contributed by atoms with Crippen molar-refractivity contribution in [3.05, 3.63) is 0 Å². The first-order chi connectivity index (χ1) is 4.76. The van der Waals surface area contributed by atoms with E-state index in [0.717, 1.165) is 17.8 Å². The molecule has 4 aliphatic rings. The van der Waals surface area contributed by atoms with E-state index in [4.69, 9.17) is 11.6 Å². The summed E-state index contributed by atoms with van der Waals surface area (Å²) < 4.78 is 0. The van der Waals surface area contributed by atoms with Gasteiger partial charge in [-0.2, -0.15) is 0 Å². The van der Waals surface area contributed by atoms with Gasteiger partial charge in [-0.05, 0) is 36.0 Å². The molecule has 10 heavy (non-hydrogen) atoms. The highest BCUT2D eigenvalue weighted by atomic mass is 35.5. The molecule has 1 nitrogen and oxygen atoms in total. The molecule has 0 heterocycles. The standard InChI is InChI=1S/C8H9ClO/c9-8-3-1-2-4(6(3)8)5(2)7(8)10/h2-7,10H,1H2/t2?,3?,4?,5?,6?,7-,8+/m1/s1. The van der Waals surface area contributed by atoms with Crippen LogP contribution in [-0.4, -0.2) is 16.1 Å². The van der Waals surface area contributed by atoms with E-state index in [9.17, 15) is 5.11 Å².